The molecule has 1 aliphatic heterocycles. The van der Waals surface area contributed by atoms with Gasteiger partial charge in [-0.3, -0.25) is 9.89 Å². The second-order valence-corrected chi connectivity index (χ2v) is 7.68. The zero-order chi connectivity index (χ0) is 20.8. The molecule has 156 valence electrons. The Labute approximate surface area is 175 Å². The quantitative estimate of drug-likeness (QED) is 0.611. The van der Waals surface area contributed by atoms with Crippen LogP contribution >= 0.6 is 0 Å². The van der Waals surface area contributed by atoms with E-state index < -0.39 is 0 Å². The molecule has 1 fully saturated rings. The number of nitrogens with one attached hydrogen (secondary N) is 1. The van der Waals surface area contributed by atoms with Gasteiger partial charge in [0.15, 0.2) is 0 Å². The molecule has 2 heterocycles. The summed E-state index contributed by atoms with van der Waals surface area (Å²) >= 11 is 0. The van der Waals surface area contributed by atoms with Crippen molar-refractivity contribution >= 4 is 5.91 Å². The van der Waals surface area contributed by atoms with Gasteiger partial charge in [-0.05, 0) is 36.6 Å². The van der Waals surface area contributed by atoms with Crippen LogP contribution in [0.4, 0.5) is 4.39 Å². The molecule has 2 aromatic carbocycles. The molecule has 5 nitrogen and oxygen atoms in total. The zero-order valence-corrected chi connectivity index (χ0v) is 16.9. The van der Waals surface area contributed by atoms with Crippen molar-refractivity contribution in [3.63, 3.8) is 0 Å². The summed E-state index contributed by atoms with van der Waals surface area (Å²) < 4.78 is 18.8. The molecule has 0 bridgehead atoms. The van der Waals surface area contributed by atoms with Crippen LogP contribution in [0.3, 0.4) is 0 Å². The number of amides is 1. The van der Waals surface area contributed by atoms with E-state index in [1.165, 1.54) is 17.7 Å². The Morgan fingerprint density at radius 3 is 2.83 bits per heavy atom. The fourth-order valence-corrected chi connectivity index (χ4v) is 3.83. The van der Waals surface area contributed by atoms with Crippen LogP contribution in [-0.4, -0.2) is 40.7 Å². The van der Waals surface area contributed by atoms with Gasteiger partial charge >= 0.3 is 0 Å². The number of benzene rings is 2. The first-order valence-electron chi connectivity index (χ1n) is 10.4. The fourth-order valence-electron chi connectivity index (χ4n) is 3.83. The number of aromatic nitrogens is 2. The molecule has 1 saturated heterocycles. The number of hydrogen-bond acceptors (Lipinski definition) is 3. The summed E-state index contributed by atoms with van der Waals surface area (Å²) in [5.74, 6) is 0.691. The molecule has 0 saturated carbocycles. The number of carbonyl (C=O) groups excluding carboxylic acids is 1. The lowest BCUT2D eigenvalue weighted by Gasteiger charge is -2.16. The molecule has 6 heteroatoms. The lowest BCUT2D eigenvalue weighted by atomic mass is 10.0. The Balaban J connectivity index is 1.23. The minimum atomic E-state index is -0.305. The largest absolute Gasteiger partial charge is 0.493 e. The van der Waals surface area contributed by atoms with Crippen LogP contribution in [0.25, 0.3) is 0 Å². The summed E-state index contributed by atoms with van der Waals surface area (Å²) in [5, 5.41) is 7.51. The highest BCUT2D eigenvalue weighted by Crippen LogP contribution is 2.27. The average Bonchev–Trinajstić information content (AvgIpc) is 3.43. The zero-order valence-electron chi connectivity index (χ0n) is 16.9. The lowest BCUT2D eigenvalue weighted by molar-refractivity contribution is -0.130. The van der Waals surface area contributed by atoms with Crippen molar-refractivity contribution in [1.29, 1.82) is 0 Å². The summed E-state index contributed by atoms with van der Waals surface area (Å²) in [5.41, 5.74) is 3.17. The highest BCUT2D eigenvalue weighted by molar-refractivity contribution is 5.76. The third-order valence-corrected chi connectivity index (χ3v) is 5.52. The third kappa shape index (κ3) is 5.26. The number of hydrogen-bond donors (Lipinski definition) is 1. The topological polar surface area (TPSA) is 58.2 Å². The van der Waals surface area contributed by atoms with Crippen molar-refractivity contribution in [2.24, 2.45) is 0 Å². The molecule has 30 heavy (non-hydrogen) atoms. The van der Waals surface area contributed by atoms with Gasteiger partial charge in [0.2, 0.25) is 5.91 Å². The first-order valence-corrected chi connectivity index (χ1v) is 10.4. The predicted molar refractivity (Wildman–Crippen MR) is 113 cm³/mol. The number of rotatable bonds is 8. The molecule has 1 atom stereocenters. The molecule has 0 radical (unpaired) electrons. The van der Waals surface area contributed by atoms with E-state index in [0.29, 0.717) is 25.2 Å². The Bertz CT molecular complexity index is 973. The molecule has 0 unspecified atom stereocenters. The van der Waals surface area contributed by atoms with Gasteiger partial charge in [-0.1, -0.05) is 36.4 Å². The highest BCUT2D eigenvalue weighted by Gasteiger charge is 2.28. The van der Waals surface area contributed by atoms with Gasteiger partial charge in [-0.25, -0.2) is 4.39 Å². The third-order valence-electron chi connectivity index (χ3n) is 5.52. The Morgan fingerprint density at radius 1 is 1.13 bits per heavy atom. The Morgan fingerprint density at radius 2 is 2.00 bits per heavy atom. The van der Waals surface area contributed by atoms with E-state index >= 15 is 0 Å². The van der Waals surface area contributed by atoms with Gasteiger partial charge < -0.3 is 9.64 Å². The van der Waals surface area contributed by atoms with Gasteiger partial charge in [-0.2, -0.15) is 5.10 Å². The highest BCUT2D eigenvalue weighted by atomic mass is 19.1. The van der Waals surface area contributed by atoms with Crippen molar-refractivity contribution in [2.75, 3.05) is 19.7 Å². The summed E-state index contributed by atoms with van der Waals surface area (Å²) in [6.07, 6.45) is 2.91. The Hall–Kier alpha value is -3.15. The Kier molecular flexibility index (Phi) is 6.42. The van der Waals surface area contributed by atoms with Crippen LogP contribution in [0.15, 0.2) is 60.7 Å². The van der Waals surface area contributed by atoms with Gasteiger partial charge in [0.25, 0.3) is 0 Å². The smallest absolute Gasteiger partial charge is 0.222 e. The maximum atomic E-state index is 13.2. The molecular weight excluding hydrogens is 381 g/mol. The number of H-pyrrole nitrogens is 1. The van der Waals surface area contributed by atoms with Crippen molar-refractivity contribution in [1.82, 2.24) is 15.1 Å². The van der Waals surface area contributed by atoms with E-state index in [1.54, 1.807) is 12.1 Å². The average molecular weight is 407 g/mol. The summed E-state index contributed by atoms with van der Waals surface area (Å²) in [4.78, 5) is 14.5. The van der Waals surface area contributed by atoms with Crippen molar-refractivity contribution < 1.29 is 13.9 Å². The van der Waals surface area contributed by atoms with Crippen molar-refractivity contribution in [3.8, 4) is 5.75 Å². The second-order valence-electron chi connectivity index (χ2n) is 7.68. The molecular formula is C24H26FN3O2. The maximum Gasteiger partial charge on any atom is 0.222 e. The van der Waals surface area contributed by atoms with E-state index in [0.717, 1.165) is 37.3 Å². The van der Waals surface area contributed by atoms with Crippen LogP contribution in [0.5, 0.6) is 5.75 Å². The number of nitrogens with zero attached hydrogens (tertiary/aromatic N) is 2. The van der Waals surface area contributed by atoms with Crippen LogP contribution in [0.1, 0.15) is 35.7 Å². The number of halogens is 1. The maximum absolute atomic E-state index is 13.2. The molecule has 0 spiro atoms. The number of carbonyl (C=O) groups is 1. The standard InChI is InChI=1S/C24H26FN3O2/c25-20-7-4-8-22(15-20)30-14-12-21-16-23(27-26-21)19-11-13-28(17-19)24(29)10-9-18-5-2-1-3-6-18/h1-8,15-16,19H,9-14,17H2,(H,26,27)/t19-/m1/s1. The van der Waals surface area contributed by atoms with E-state index in [2.05, 4.69) is 28.4 Å². The molecule has 1 aromatic heterocycles. The van der Waals surface area contributed by atoms with E-state index in [1.807, 2.05) is 23.1 Å². The van der Waals surface area contributed by atoms with Crippen LogP contribution in [0, 0.1) is 5.82 Å². The molecule has 1 aliphatic rings. The SMILES string of the molecule is O=C(CCc1ccccc1)N1CC[C@@H](c2cc(CCOc3cccc(F)c3)[nH]n2)C1. The lowest BCUT2D eigenvalue weighted by Crippen LogP contribution is -2.28. The first-order chi connectivity index (χ1) is 14.7. The predicted octanol–water partition coefficient (Wildman–Crippen LogP) is 4.12. The number of likely N-dealkylation sites (tertiary alicyclic amines) is 1. The minimum absolute atomic E-state index is 0.209. The number of aryl methyl sites for hydroxylation is 1. The molecule has 3 aromatic rings. The van der Waals surface area contributed by atoms with E-state index in [-0.39, 0.29) is 17.6 Å². The van der Waals surface area contributed by atoms with Gasteiger partial charge in [0.1, 0.15) is 11.6 Å². The van der Waals surface area contributed by atoms with Crippen molar-refractivity contribution in [3.05, 3.63) is 83.4 Å². The number of aromatic amines is 1. The van der Waals surface area contributed by atoms with Crippen LogP contribution in [-0.2, 0) is 17.6 Å². The minimum Gasteiger partial charge on any atom is -0.493 e. The summed E-state index contributed by atoms with van der Waals surface area (Å²) in [6.45, 7) is 1.95. The molecule has 1 N–H and O–H groups in total. The number of ether oxygens (including phenoxy) is 1. The monoisotopic (exact) mass is 407 g/mol. The summed E-state index contributed by atoms with van der Waals surface area (Å²) in [7, 11) is 0. The van der Waals surface area contributed by atoms with E-state index in [4.69, 9.17) is 4.74 Å². The fraction of sp³-hybridized carbons (Fsp3) is 0.333. The van der Waals surface area contributed by atoms with Gasteiger partial charge in [0.05, 0.1) is 12.3 Å². The first kappa shape index (κ1) is 20.1. The second kappa shape index (κ2) is 9.57. The van der Waals surface area contributed by atoms with Crippen molar-refractivity contribution in [2.45, 2.75) is 31.6 Å². The van der Waals surface area contributed by atoms with E-state index in [9.17, 15) is 9.18 Å². The summed E-state index contributed by atoms with van der Waals surface area (Å²) in [6, 6.07) is 18.3. The molecule has 4 rings (SSSR count). The molecule has 0 aliphatic carbocycles. The van der Waals surface area contributed by atoms with Gasteiger partial charge in [0, 0.05) is 43.6 Å². The normalized spacial score (nSPS) is 16.0. The van der Waals surface area contributed by atoms with Crippen LogP contribution in [0.2, 0.25) is 0 Å². The van der Waals surface area contributed by atoms with Crippen LogP contribution < -0.4 is 4.74 Å². The van der Waals surface area contributed by atoms with Gasteiger partial charge in [-0.15, -0.1) is 0 Å². The molecule has 1 amide bonds.